The standard InChI is InChI=1S/C15H16F3NO5S/c1-2-10(7-8-24-25(22,23)15(16,17)18)9-19-13(20)11-5-3-4-6-12(11)14(19)21/h3-6,10H,2,7-9H2,1H3/t10-/m0/s1. The number of nitrogens with zero attached hydrogens (tertiary/aromatic N) is 1. The molecule has 25 heavy (non-hydrogen) atoms. The molecule has 138 valence electrons. The zero-order valence-corrected chi connectivity index (χ0v) is 14.1. The number of imide groups is 1. The molecule has 2 amide bonds. The van der Waals surface area contributed by atoms with E-state index in [0.717, 1.165) is 4.90 Å². The first kappa shape index (κ1) is 19.4. The molecule has 0 bridgehead atoms. The molecule has 1 atom stereocenters. The number of fused-ring (bicyclic) bond motifs is 1. The van der Waals surface area contributed by atoms with Crippen molar-refractivity contribution in [3.05, 3.63) is 35.4 Å². The van der Waals surface area contributed by atoms with Gasteiger partial charge in [-0.15, -0.1) is 0 Å². The van der Waals surface area contributed by atoms with E-state index in [1.807, 2.05) is 0 Å². The molecule has 0 saturated heterocycles. The van der Waals surface area contributed by atoms with Crippen LogP contribution in [0.5, 0.6) is 0 Å². The molecule has 0 radical (unpaired) electrons. The Morgan fingerprint density at radius 3 is 2.08 bits per heavy atom. The van der Waals surface area contributed by atoms with Gasteiger partial charge in [0.05, 0.1) is 17.7 Å². The molecule has 6 nitrogen and oxygen atoms in total. The van der Waals surface area contributed by atoms with Crippen molar-refractivity contribution >= 4 is 21.9 Å². The van der Waals surface area contributed by atoms with Crippen LogP contribution in [0.4, 0.5) is 13.2 Å². The SMILES string of the molecule is CC[C@@H](CCOS(=O)(=O)C(F)(F)F)CN1C(=O)c2ccccc2C1=O. The minimum Gasteiger partial charge on any atom is -0.274 e. The van der Waals surface area contributed by atoms with Gasteiger partial charge >= 0.3 is 15.6 Å². The highest BCUT2D eigenvalue weighted by Gasteiger charge is 2.47. The molecule has 0 unspecified atom stereocenters. The number of hydrogen-bond donors (Lipinski definition) is 0. The Labute approximate surface area is 142 Å². The third-order valence-corrected chi connectivity index (χ3v) is 4.99. The van der Waals surface area contributed by atoms with E-state index in [-0.39, 0.29) is 30.0 Å². The summed E-state index contributed by atoms with van der Waals surface area (Å²) in [6.45, 7) is 1.03. The molecule has 2 rings (SSSR count). The van der Waals surface area contributed by atoms with Gasteiger partial charge in [-0.3, -0.25) is 18.7 Å². The fourth-order valence-electron chi connectivity index (χ4n) is 2.48. The van der Waals surface area contributed by atoms with Crippen LogP contribution in [0, 0.1) is 5.92 Å². The van der Waals surface area contributed by atoms with Crippen molar-refractivity contribution in [1.82, 2.24) is 4.90 Å². The predicted octanol–water partition coefficient (Wildman–Crippen LogP) is 2.57. The Balaban J connectivity index is 1.98. The minimum atomic E-state index is -5.64. The maximum Gasteiger partial charge on any atom is 0.523 e. The first-order chi connectivity index (χ1) is 11.6. The van der Waals surface area contributed by atoms with Crippen molar-refractivity contribution in [3.63, 3.8) is 0 Å². The van der Waals surface area contributed by atoms with Gasteiger partial charge < -0.3 is 0 Å². The maximum absolute atomic E-state index is 12.3. The van der Waals surface area contributed by atoms with Crippen molar-refractivity contribution in [2.45, 2.75) is 25.3 Å². The molecular weight excluding hydrogens is 363 g/mol. The average molecular weight is 379 g/mol. The molecule has 0 saturated carbocycles. The zero-order valence-electron chi connectivity index (χ0n) is 13.2. The quantitative estimate of drug-likeness (QED) is 0.413. The summed E-state index contributed by atoms with van der Waals surface area (Å²) in [5.41, 5.74) is -4.92. The van der Waals surface area contributed by atoms with Crippen LogP contribution in [0.25, 0.3) is 0 Å². The first-order valence-electron chi connectivity index (χ1n) is 7.49. The lowest BCUT2D eigenvalue weighted by Crippen LogP contribution is -2.35. The summed E-state index contributed by atoms with van der Waals surface area (Å²) in [5, 5.41) is 0. The van der Waals surface area contributed by atoms with Crippen LogP contribution in [-0.2, 0) is 14.3 Å². The molecular formula is C15H16F3NO5S. The molecule has 1 aliphatic rings. The Kier molecular flexibility index (Phi) is 5.52. The second-order valence-corrected chi connectivity index (χ2v) is 7.16. The molecule has 0 aromatic heterocycles. The highest BCUT2D eigenvalue weighted by molar-refractivity contribution is 7.87. The second-order valence-electron chi connectivity index (χ2n) is 5.55. The second kappa shape index (κ2) is 7.12. The summed E-state index contributed by atoms with van der Waals surface area (Å²) in [6, 6.07) is 6.30. The van der Waals surface area contributed by atoms with E-state index in [2.05, 4.69) is 4.18 Å². The summed E-state index contributed by atoms with van der Waals surface area (Å²) in [7, 11) is -5.64. The number of carbonyl (C=O) groups is 2. The third-order valence-electron chi connectivity index (χ3n) is 3.94. The third kappa shape index (κ3) is 4.01. The van der Waals surface area contributed by atoms with Crippen LogP contribution in [0.3, 0.4) is 0 Å². The molecule has 1 aromatic rings. The van der Waals surface area contributed by atoms with Gasteiger partial charge in [-0.2, -0.15) is 21.6 Å². The zero-order chi connectivity index (χ0) is 18.8. The van der Waals surface area contributed by atoms with Gasteiger partial charge in [0.1, 0.15) is 0 Å². The lowest BCUT2D eigenvalue weighted by atomic mass is 10.0. The van der Waals surface area contributed by atoms with Gasteiger partial charge in [-0.05, 0) is 24.5 Å². The summed E-state index contributed by atoms with van der Waals surface area (Å²) in [4.78, 5) is 25.5. The van der Waals surface area contributed by atoms with Crippen molar-refractivity contribution < 1.29 is 35.4 Å². The fraction of sp³-hybridized carbons (Fsp3) is 0.467. The summed E-state index contributed by atoms with van der Waals surface area (Å²) >= 11 is 0. The van der Waals surface area contributed by atoms with Crippen molar-refractivity contribution in [1.29, 1.82) is 0 Å². The number of rotatable bonds is 7. The van der Waals surface area contributed by atoms with Crippen LogP contribution in [0.15, 0.2) is 24.3 Å². The van der Waals surface area contributed by atoms with E-state index in [9.17, 15) is 31.2 Å². The molecule has 1 heterocycles. The number of benzene rings is 1. The highest BCUT2D eigenvalue weighted by atomic mass is 32.2. The average Bonchev–Trinajstić information content (AvgIpc) is 2.78. The monoisotopic (exact) mass is 379 g/mol. The van der Waals surface area contributed by atoms with Crippen molar-refractivity contribution in [2.24, 2.45) is 5.92 Å². The minimum absolute atomic E-state index is 0.0156. The fourth-order valence-corrected chi connectivity index (χ4v) is 2.93. The van der Waals surface area contributed by atoms with E-state index in [0.29, 0.717) is 6.42 Å². The normalized spacial score (nSPS) is 16.2. The van der Waals surface area contributed by atoms with Gasteiger partial charge in [-0.1, -0.05) is 25.5 Å². The Hall–Kier alpha value is -1.94. The lowest BCUT2D eigenvalue weighted by molar-refractivity contribution is -0.0544. The first-order valence-corrected chi connectivity index (χ1v) is 8.90. The summed E-state index contributed by atoms with van der Waals surface area (Å²) in [6.07, 6.45) is 0.391. The highest BCUT2D eigenvalue weighted by Crippen LogP contribution is 2.27. The van der Waals surface area contributed by atoms with Gasteiger partial charge in [0.15, 0.2) is 0 Å². The van der Waals surface area contributed by atoms with E-state index in [4.69, 9.17) is 0 Å². The van der Waals surface area contributed by atoms with E-state index in [1.54, 1.807) is 19.1 Å². The number of amides is 2. The van der Waals surface area contributed by atoms with Crippen molar-refractivity contribution in [3.8, 4) is 0 Å². The molecule has 1 aromatic carbocycles. The Morgan fingerprint density at radius 1 is 1.12 bits per heavy atom. The van der Waals surface area contributed by atoms with Crippen LogP contribution in [-0.4, -0.2) is 43.8 Å². The number of halogens is 3. The number of carbonyl (C=O) groups excluding carboxylic acids is 2. The van der Waals surface area contributed by atoms with Gasteiger partial charge in [0.2, 0.25) is 0 Å². The Morgan fingerprint density at radius 2 is 1.64 bits per heavy atom. The Bertz CT molecular complexity index is 741. The summed E-state index contributed by atoms with van der Waals surface area (Å²) in [5.74, 6) is -1.32. The molecule has 10 heteroatoms. The van der Waals surface area contributed by atoms with E-state index < -0.39 is 34.0 Å². The molecule has 0 N–H and O–H groups in total. The lowest BCUT2D eigenvalue weighted by Gasteiger charge is -2.21. The molecule has 0 fully saturated rings. The van der Waals surface area contributed by atoms with Gasteiger partial charge in [0, 0.05) is 6.54 Å². The number of alkyl halides is 3. The predicted molar refractivity (Wildman–Crippen MR) is 81.1 cm³/mol. The van der Waals surface area contributed by atoms with E-state index >= 15 is 0 Å². The van der Waals surface area contributed by atoms with Gasteiger partial charge in [-0.25, -0.2) is 0 Å². The molecule has 0 spiro atoms. The van der Waals surface area contributed by atoms with Crippen LogP contribution in [0.1, 0.15) is 40.5 Å². The molecule has 1 aliphatic heterocycles. The number of hydrogen-bond acceptors (Lipinski definition) is 5. The topological polar surface area (TPSA) is 80.8 Å². The largest absolute Gasteiger partial charge is 0.523 e. The van der Waals surface area contributed by atoms with E-state index in [1.165, 1.54) is 12.1 Å². The van der Waals surface area contributed by atoms with Gasteiger partial charge in [0.25, 0.3) is 11.8 Å². The van der Waals surface area contributed by atoms with Crippen LogP contribution >= 0.6 is 0 Å². The maximum atomic E-state index is 12.3. The smallest absolute Gasteiger partial charge is 0.274 e. The van der Waals surface area contributed by atoms with Crippen LogP contribution < -0.4 is 0 Å². The molecule has 0 aliphatic carbocycles. The van der Waals surface area contributed by atoms with Crippen LogP contribution in [0.2, 0.25) is 0 Å². The summed E-state index contributed by atoms with van der Waals surface area (Å²) < 4.78 is 62.3. The van der Waals surface area contributed by atoms with Crippen molar-refractivity contribution in [2.75, 3.05) is 13.2 Å².